The monoisotopic (exact) mass is 236 g/mol. The smallest absolute Gasteiger partial charge is 0.204 e. The maximum atomic E-state index is 13.7. The normalized spacial score (nSPS) is 46.7. The molecular formula is C12H16F4. The van der Waals surface area contributed by atoms with E-state index >= 15 is 0 Å². The summed E-state index contributed by atoms with van der Waals surface area (Å²) >= 11 is 0. The van der Waals surface area contributed by atoms with Crippen LogP contribution in [-0.2, 0) is 0 Å². The van der Waals surface area contributed by atoms with E-state index < -0.39 is 17.8 Å². The van der Waals surface area contributed by atoms with Crippen LogP contribution >= 0.6 is 0 Å². The number of halogens is 4. The Morgan fingerprint density at radius 2 is 1.25 bits per heavy atom. The second kappa shape index (κ2) is 3.14. The van der Waals surface area contributed by atoms with Gasteiger partial charge in [-0.1, -0.05) is 0 Å². The lowest BCUT2D eigenvalue weighted by Crippen LogP contribution is -2.57. The van der Waals surface area contributed by atoms with Gasteiger partial charge in [-0.2, -0.15) is 8.78 Å². The van der Waals surface area contributed by atoms with E-state index in [2.05, 4.69) is 0 Å². The van der Waals surface area contributed by atoms with Crippen molar-refractivity contribution in [1.82, 2.24) is 0 Å². The third-order valence-electron chi connectivity index (χ3n) is 5.02. The summed E-state index contributed by atoms with van der Waals surface area (Å²) in [6.45, 7) is 0. The Morgan fingerprint density at radius 1 is 0.875 bits per heavy atom. The minimum Gasteiger partial charge on any atom is -0.204 e. The number of alkyl halides is 4. The summed E-state index contributed by atoms with van der Waals surface area (Å²) in [5.74, 6) is -2.91. The third kappa shape index (κ3) is 1.28. The van der Waals surface area contributed by atoms with E-state index in [1.807, 2.05) is 0 Å². The molecule has 0 atom stereocenters. The number of rotatable bonds is 2. The first-order valence-corrected chi connectivity index (χ1v) is 6.09. The van der Waals surface area contributed by atoms with Crippen LogP contribution in [0.25, 0.3) is 0 Å². The quantitative estimate of drug-likeness (QED) is 0.633. The van der Waals surface area contributed by atoms with E-state index in [4.69, 9.17) is 0 Å². The third-order valence-corrected chi connectivity index (χ3v) is 5.02. The Labute approximate surface area is 92.4 Å². The van der Waals surface area contributed by atoms with Crippen LogP contribution in [0.15, 0.2) is 0 Å². The minimum atomic E-state index is -3.77. The van der Waals surface area contributed by atoms with Gasteiger partial charge >= 0.3 is 12.3 Å². The lowest BCUT2D eigenvalue weighted by Gasteiger charge is -2.58. The molecule has 4 fully saturated rings. The molecule has 0 heterocycles. The van der Waals surface area contributed by atoms with Crippen molar-refractivity contribution < 1.29 is 17.6 Å². The van der Waals surface area contributed by atoms with Crippen LogP contribution in [0.3, 0.4) is 0 Å². The lowest BCUT2D eigenvalue weighted by molar-refractivity contribution is -0.256. The zero-order chi connectivity index (χ0) is 11.6. The van der Waals surface area contributed by atoms with Crippen molar-refractivity contribution in [3.05, 3.63) is 0 Å². The Hall–Kier alpha value is -0.280. The summed E-state index contributed by atoms with van der Waals surface area (Å²) in [5.41, 5.74) is -1.37. The lowest BCUT2D eigenvalue weighted by atomic mass is 9.48. The fraction of sp³-hybridized carbons (Fsp3) is 1.00. The van der Waals surface area contributed by atoms with Gasteiger partial charge in [0.1, 0.15) is 0 Å². The maximum Gasteiger partial charge on any atom is 0.312 e. The summed E-state index contributed by atoms with van der Waals surface area (Å²) in [4.78, 5) is 0. The highest BCUT2D eigenvalue weighted by Gasteiger charge is 2.65. The van der Waals surface area contributed by atoms with Gasteiger partial charge in [0.05, 0.1) is 0 Å². The van der Waals surface area contributed by atoms with E-state index in [0.29, 0.717) is 19.3 Å². The first kappa shape index (κ1) is 10.8. The molecule has 0 saturated heterocycles. The van der Waals surface area contributed by atoms with Crippen LogP contribution < -0.4 is 0 Å². The highest BCUT2D eigenvalue weighted by molar-refractivity contribution is 5.07. The van der Waals surface area contributed by atoms with Crippen molar-refractivity contribution in [2.75, 3.05) is 0 Å². The molecule has 0 unspecified atom stereocenters. The largest absolute Gasteiger partial charge is 0.312 e. The van der Waals surface area contributed by atoms with Crippen molar-refractivity contribution in [3.8, 4) is 0 Å². The Balaban J connectivity index is 1.94. The zero-order valence-corrected chi connectivity index (χ0v) is 9.06. The van der Waals surface area contributed by atoms with Gasteiger partial charge in [-0.05, 0) is 56.3 Å². The van der Waals surface area contributed by atoms with Crippen LogP contribution in [0.4, 0.5) is 17.6 Å². The number of hydrogen-bond donors (Lipinski definition) is 0. The second-order valence-corrected chi connectivity index (χ2v) is 6.12. The molecule has 4 bridgehead atoms. The predicted octanol–water partition coefficient (Wildman–Crippen LogP) is 4.10. The molecule has 0 N–H and O–H groups in total. The average molecular weight is 236 g/mol. The minimum absolute atomic E-state index is 0.288. The molecule has 0 amide bonds. The molecule has 0 spiro atoms. The van der Waals surface area contributed by atoms with Gasteiger partial charge in [0.2, 0.25) is 0 Å². The Kier molecular flexibility index (Phi) is 2.13. The van der Waals surface area contributed by atoms with Crippen LogP contribution in [0.2, 0.25) is 0 Å². The van der Waals surface area contributed by atoms with Crippen molar-refractivity contribution in [2.24, 2.45) is 23.2 Å². The Morgan fingerprint density at radius 3 is 1.56 bits per heavy atom. The molecule has 4 heteroatoms. The molecule has 4 saturated carbocycles. The van der Waals surface area contributed by atoms with Gasteiger partial charge in [-0.15, -0.1) is 0 Å². The molecule has 92 valence electrons. The number of hydrogen-bond acceptors (Lipinski definition) is 0. The van der Waals surface area contributed by atoms with Crippen molar-refractivity contribution in [1.29, 1.82) is 0 Å². The van der Waals surface area contributed by atoms with Gasteiger partial charge in [0.25, 0.3) is 0 Å². The molecule has 4 aliphatic carbocycles. The van der Waals surface area contributed by atoms with E-state index in [1.165, 1.54) is 0 Å². The van der Waals surface area contributed by atoms with Crippen LogP contribution in [-0.4, -0.2) is 12.3 Å². The van der Waals surface area contributed by atoms with Crippen molar-refractivity contribution in [2.45, 2.75) is 50.9 Å². The fourth-order valence-corrected chi connectivity index (χ4v) is 4.75. The van der Waals surface area contributed by atoms with Gasteiger partial charge in [0, 0.05) is 5.41 Å². The summed E-state index contributed by atoms with van der Waals surface area (Å²) in [7, 11) is 0. The molecule has 0 radical (unpaired) electrons. The molecule has 0 aliphatic heterocycles. The topological polar surface area (TPSA) is 0 Å². The van der Waals surface area contributed by atoms with E-state index in [1.54, 1.807) is 0 Å². The summed E-state index contributed by atoms with van der Waals surface area (Å²) in [6.07, 6.45) is 0.488. The Bertz CT molecular complexity index is 262. The van der Waals surface area contributed by atoms with E-state index in [9.17, 15) is 17.6 Å². The molecule has 0 aromatic heterocycles. The molecular weight excluding hydrogens is 220 g/mol. The van der Waals surface area contributed by atoms with Gasteiger partial charge in [-0.3, -0.25) is 0 Å². The molecule has 4 aliphatic rings. The first-order chi connectivity index (χ1) is 7.43. The summed E-state index contributed by atoms with van der Waals surface area (Å²) < 4.78 is 52.6. The highest BCUT2D eigenvalue weighted by Crippen LogP contribution is 2.65. The average Bonchev–Trinajstić information content (AvgIpc) is 2.14. The fourth-order valence-electron chi connectivity index (χ4n) is 4.75. The standard InChI is InChI=1S/C12H16F4/c13-10(14)12(15,16)11-4-7-1-8(5-11)3-9(2-7)6-11/h7-10H,1-6H2. The summed E-state index contributed by atoms with van der Waals surface area (Å²) in [6, 6.07) is 0. The zero-order valence-electron chi connectivity index (χ0n) is 9.06. The molecule has 16 heavy (non-hydrogen) atoms. The van der Waals surface area contributed by atoms with Crippen LogP contribution in [0.1, 0.15) is 38.5 Å². The van der Waals surface area contributed by atoms with E-state index in [-0.39, 0.29) is 17.8 Å². The van der Waals surface area contributed by atoms with Gasteiger partial charge in [0.15, 0.2) is 0 Å². The highest BCUT2D eigenvalue weighted by atomic mass is 19.3. The van der Waals surface area contributed by atoms with Gasteiger partial charge in [-0.25, -0.2) is 8.78 Å². The maximum absolute atomic E-state index is 13.7. The molecule has 0 nitrogen and oxygen atoms in total. The molecule has 0 aromatic rings. The van der Waals surface area contributed by atoms with Crippen LogP contribution in [0, 0.1) is 23.2 Å². The van der Waals surface area contributed by atoms with Crippen molar-refractivity contribution in [3.63, 3.8) is 0 Å². The first-order valence-electron chi connectivity index (χ1n) is 6.09. The van der Waals surface area contributed by atoms with Crippen LogP contribution in [0.5, 0.6) is 0 Å². The van der Waals surface area contributed by atoms with Crippen molar-refractivity contribution >= 4 is 0 Å². The van der Waals surface area contributed by atoms with E-state index in [0.717, 1.165) is 19.3 Å². The summed E-state index contributed by atoms with van der Waals surface area (Å²) in [5, 5.41) is 0. The molecule has 0 aromatic carbocycles. The predicted molar refractivity (Wildman–Crippen MR) is 51.6 cm³/mol. The SMILES string of the molecule is FC(F)C(F)(F)C12CC3CC(CC(C3)C1)C2. The molecule has 4 rings (SSSR count). The second-order valence-electron chi connectivity index (χ2n) is 6.12. The van der Waals surface area contributed by atoms with Gasteiger partial charge < -0.3 is 0 Å².